The number of hydrogen-bond donors (Lipinski definition) is 3. The first-order chi connectivity index (χ1) is 19.4. The van der Waals surface area contributed by atoms with Gasteiger partial charge in [0.15, 0.2) is 11.4 Å². The molecule has 3 heterocycles. The number of amides is 2. The number of carbonyl (C=O) groups excluding carboxylic acids is 2. The van der Waals surface area contributed by atoms with Crippen molar-refractivity contribution in [1.82, 2.24) is 24.8 Å². The van der Waals surface area contributed by atoms with Crippen LogP contribution in [-0.2, 0) is 17.4 Å². The number of aliphatic hydroxyl groups is 1. The van der Waals surface area contributed by atoms with Gasteiger partial charge in [0.25, 0.3) is 5.91 Å². The molecule has 2 aromatic heterocycles. The lowest BCUT2D eigenvalue weighted by molar-refractivity contribution is -0.254. The Morgan fingerprint density at radius 3 is 2.43 bits per heavy atom. The summed E-state index contributed by atoms with van der Waals surface area (Å²) in [6.45, 7) is 0.685. The molecule has 0 radical (unpaired) electrons. The second-order valence-electron chi connectivity index (χ2n) is 10.0. The first-order valence-corrected chi connectivity index (χ1v) is 12.4. The molecule has 1 saturated heterocycles. The van der Waals surface area contributed by atoms with Gasteiger partial charge in [-0.1, -0.05) is 13.0 Å². The summed E-state index contributed by atoms with van der Waals surface area (Å²) in [7, 11) is 0. The molecule has 1 aliphatic heterocycles. The highest BCUT2D eigenvalue weighted by atomic mass is 19.4. The van der Waals surface area contributed by atoms with E-state index in [-0.39, 0.29) is 12.0 Å². The summed E-state index contributed by atoms with van der Waals surface area (Å²) < 4.78 is 112. The first-order valence-electron chi connectivity index (χ1n) is 12.4. The molecule has 228 valence electrons. The van der Waals surface area contributed by atoms with Crippen molar-refractivity contribution in [2.45, 2.75) is 56.9 Å². The lowest BCUT2D eigenvalue weighted by Crippen LogP contribution is -2.47. The first kappa shape index (κ1) is 30.9. The van der Waals surface area contributed by atoms with Crippen molar-refractivity contribution in [1.29, 1.82) is 0 Å². The molecule has 3 aromatic rings. The van der Waals surface area contributed by atoms with Crippen LogP contribution in [0.25, 0.3) is 16.8 Å². The normalized spacial score (nSPS) is 19.3. The molecule has 1 aliphatic rings. The number of hydrogen-bond acceptors (Lipinski definition) is 6. The minimum absolute atomic E-state index is 0.0820. The predicted octanol–water partition coefficient (Wildman–Crippen LogP) is 3.68. The zero-order valence-corrected chi connectivity index (χ0v) is 21.9. The van der Waals surface area contributed by atoms with Crippen LogP contribution in [0.3, 0.4) is 0 Å². The van der Waals surface area contributed by atoms with E-state index in [1.807, 2.05) is 0 Å². The van der Waals surface area contributed by atoms with Crippen molar-refractivity contribution in [3.05, 3.63) is 47.0 Å². The van der Waals surface area contributed by atoms with Gasteiger partial charge in [0.05, 0.1) is 35.8 Å². The number of carbonyl (C=O) groups is 2. The summed E-state index contributed by atoms with van der Waals surface area (Å²) >= 11 is 0. The molecule has 17 heteroatoms. The number of halogens is 8. The van der Waals surface area contributed by atoms with Crippen LogP contribution < -0.4 is 11.1 Å². The summed E-state index contributed by atoms with van der Waals surface area (Å²) in [6, 6.07) is 1.58. The molecule has 4 rings (SSSR count). The maximum atomic E-state index is 15.9. The lowest BCUT2D eigenvalue weighted by Gasteiger charge is -2.27. The van der Waals surface area contributed by atoms with Crippen LogP contribution in [0.4, 0.5) is 40.9 Å². The molecule has 4 N–H and O–H groups in total. The number of nitrogen functional groups attached to an aromatic ring is 1. The molecule has 3 atom stereocenters. The van der Waals surface area contributed by atoms with Gasteiger partial charge in [-0.3, -0.25) is 9.59 Å². The number of nitrogens with two attached hydrogens (primary N) is 1. The number of aryl methyl sites for hydroxylation is 1. The lowest BCUT2D eigenvalue weighted by atomic mass is 9.98. The van der Waals surface area contributed by atoms with Gasteiger partial charge in [-0.25, -0.2) is 18.3 Å². The Labute approximate surface area is 232 Å². The topological polar surface area (TPSA) is 126 Å². The minimum atomic E-state index is -5.13. The van der Waals surface area contributed by atoms with Crippen molar-refractivity contribution < 1.29 is 49.8 Å². The standard InChI is InChI=1S/C25H24F8N6O3/c1-3-11-4-5-12(16-6-13(24(28,29)30)20-21(34)35-10-36-39(16)20)19(27)18(11)22(41)37-15-9-38(8-14(15)26)17(40)7-23(2,42)25(31,32)33/h4-6,10,14-15,42H,3,7-9H2,1-2H3,(H,37,41)(H2,34,35,36)/t14-,15+,23?/m0/s1. The molecular weight excluding hydrogens is 584 g/mol. The van der Waals surface area contributed by atoms with Crippen LogP contribution in [0.1, 0.15) is 41.8 Å². The summed E-state index contributed by atoms with van der Waals surface area (Å²) in [5.41, 5.74) is -0.988. The number of fused-ring (bicyclic) bond motifs is 1. The number of nitrogens with one attached hydrogen (secondary N) is 1. The fourth-order valence-electron chi connectivity index (χ4n) is 4.68. The average molecular weight is 608 g/mol. The average Bonchev–Trinajstić information content (AvgIpc) is 3.44. The maximum absolute atomic E-state index is 15.9. The fraction of sp³-hybridized carbons (Fsp3) is 0.440. The molecule has 42 heavy (non-hydrogen) atoms. The van der Waals surface area contributed by atoms with Gasteiger partial charge in [0.1, 0.15) is 23.8 Å². The highest BCUT2D eigenvalue weighted by Gasteiger charge is 2.52. The highest BCUT2D eigenvalue weighted by molar-refractivity contribution is 5.98. The van der Waals surface area contributed by atoms with Gasteiger partial charge < -0.3 is 21.1 Å². The van der Waals surface area contributed by atoms with E-state index in [9.17, 15) is 45.4 Å². The number of rotatable bonds is 6. The van der Waals surface area contributed by atoms with E-state index in [2.05, 4.69) is 15.4 Å². The minimum Gasteiger partial charge on any atom is -0.382 e. The number of aromatic nitrogens is 3. The molecule has 0 aliphatic carbocycles. The number of anilines is 1. The molecule has 0 spiro atoms. The maximum Gasteiger partial charge on any atom is 0.418 e. The summed E-state index contributed by atoms with van der Waals surface area (Å²) in [4.78, 5) is 29.8. The Morgan fingerprint density at radius 2 is 1.83 bits per heavy atom. The largest absolute Gasteiger partial charge is 0.418 e. The van der Waals surface area contributed by atoms with Gasteiger partial charge in [0.2, 0.25) is 5.91 Å². The van der Waals surface area contributed by atoms with Crippen LogP contribution in [0.5, 0.6) is 0 Å². The van der Waals surface area contributed by atoms with E-state index in [4.69, 9.17) is 5.73 Å². The van der Waals surface area contributed by atoms with Crippen LogP contribution in [-0.4, -0.2) is 73.5 Å². The van der Waals surface area contributed by atoms with Crippen LogP contribution in [0, 0.1) is 5.82 Å². The predicted molar refractivity (Wildman–Crippen MR) is 131 cm³/mol. The third-order valence-corrected chi connectivity index (χ3v) is 7.02. The summed E-state index contributed by atoms with van der Waals surface area (Å²) in [6.07, 6.45) is -12.4. The molecule has 9 nitrogen and oxygen atoms in total. The van der Waals surface area contributed by atoms with E-state index in [1.54, 1.807) is 6.92 Å². The zero-order valence-electron chi connectivity index (χ0n) is 21.9. The molecule has 0 saturated carbocycles. The van der Waals surface area contributed by atoms with Gasteiger partial charge in [-0.05, 0) is 31.0 Å². The third-order valence-electron chi connectivity index (χ3n) is 7.02. The zero-order chi connectivity index (χ0) is 31.4. The van der Waals surface area contributed by atoms with E-state index in [0.717, 1.165) is 16.9 Å². The van der Waals surface area contributed by atoms with E-state index >= 15 is 4.39 Å². The summed E-state index contributed by atoms with van der Waals surface area (Å²) in [5.74, 6) is -4.17. The Hall–Kier alpha value is -4.02. The smallest absolute Gasteiger partial charge is 0.382 e. The molecule has 1 aromatic carbocycles. The van der Waals surface area contributed by atoms with Crippen molar-refractivity contribution in [2.75, 3.05) is 18.8 Å². The number of benzene rings is 1. The van der Waals surface area contributed by atoms with Crippen LogP contribution in [0.2, 0.25) is 0 Å². The number of likely N-dealkylation sites (tertiary alicyclic amines) is 1. The second kappa shape index (κ2) is 10.7. The summed E-state index contributed by atoms with van der Waals surface area (Å²) in [5, 5.41) is 15.6. The van der Waals surface area contributed by atoms with E-state index in [0.29, 0.717) is 17.9 Å². The van der Waals surface area contributed by atoms with E-state index in [1.165, 1.54) is 6.07 Å². The monoisotopic (exact) mass is 608 g/mol. The van der Waals surface area contributed by atoms with Crippen LogP contribution in [0.15, 0.2) is 24.5 Å². The number of nitrogens with zero attached hydrogens (tertiary/aromatic N) is 4. The Balaban J connectivity index is 1.65. The SMILES string of the molecule is CCc1ccc(-c2cc(C(F)(F)F)c3c(N)ncnn23)c(F)c1C(=O)N[C@@H]1CN(C(=O)CC(C)(O)C(F)(F)F)C[C@@H]1F. The van der Waals surface area contributed by atoms with Crippen LogP contribution >= 0.6 is 0 Å². The van der Waals surface area contributed by atoms with Gasteiger partial charge in [-0.15, -0.1) is 0 Å². The number of alkyl halides is 7. The Kier molecular flexibility index (Phi) is 7.86. The Bertz CT molecular complexity index is 1540. The fourth-order valence-corrected chi connectivity index (χ4v) is 4.68. The van der Waals surface area contributed by atoms with Crippen molar-refractivity contribution in [3.8, 4) is 11.3 Å². The highest BCUT2D eigenvalue weighted by Crippen LogP contribution is 2.40. The third kappa shape index (κ3) is 5.56. The Morgan fingerprint density at radius 1 is 1.17 bits per heavy atom. The van der Waals surface area contributed by atoms with Crippen molar-refractivity contribution in [2.24, 2.45) is 0 Å². The molecular formula is C25H24F8N6O3. The van der Waals surface area contributed by atoms with E-state index < -0.39 is 101 Å². The quantitative estimate of drug-likeness (QED) is 0.367. The van der Waals surface area contributed by atoms with Gasteiger partial charge in [-0.2, -0.15) is 31.4 Å². The van der Waals surface area contributed by atoms with Crippen molar-refractivity contribution in [3.63, 3.8) is 0 Å². The van der Waals surface area contributed by atoms with Gasteiger partial charge in [0, 0.05) is 12.1 Å². The molecule has 1 fully saturated rings. The molecule has 2 amide bonds. The van der Waals surface area contributed by atoms with Gasteiger partial charge >= 0.3 is 12.4 Å². The molecule has 0 bridgehead atoms. The second-order valence-corrected chi connectivity index (χ2v) is 10.0. The van der Waals surface area contributed by atoms with Crippen molar-refractivity contribution >= 4 is 23.1 Å². The molecule has 1 unspecified atom stereocenters.